The minimum Gasteiger partial charge on any atom is -0.468 e. The molecule has 2 aromatic heterocycles. The Morgan fingerprint density at radius 3 is 2.47 bits per heavy atom. The second kappa shape index (κ2) is 10.8. The number of aromatic nitrogens is 5. The fourth-order valence-corrected chi connectivity index (χ4v) is 4.19. The Morgan fingerprint density at radius 1 is 1.00 bits per heavy atom. The quantitative estimate of drug-likeness (QED) is 0.267. The van der Waals surface area contributed by atoms with E-state index >= 15 is 0 Å². The molecule has 4 rings (SSSR count). The Balaban J connectivity index is 1.42. The number of benzene rings is 2. The van der Waals surface area contributed by atoms with Gasteiger partial charge in [-0.25, -0.2) is 4.79 Å². The van der Waals surface area contributed by atoms with Crippen LogP contribution in [-0.2, 0) is 23.6 Å². The van der Waals surface area contributed by atoms with E-state index in [1.165, 1.54) is 17.9 Å². The highest BCUT2D eigenvalue weighted by Crippen LogP contribution is 2.23. The van der Waals surface area contributed by atoms with Crippen molar-refractivity contribution in [2.45, 2.75) is 31.0 Å². The van der Waals surface area contributed by atoms with E-state index < -0.39 is 0 Å². The van der Waals surface area contributed by atoms with Crippen molar-refractivity contribution in [3.63, 3.8) is 0 Å². The monoisotopic (exact) mass is 477 g/mol. The van der Waals surface area contributed by atoms with Crippen molar-refractivity contribution in [3.05, 3.63) is 94.0 Å². The number of para-hydroxylation sites is 1. The van der Waals surface area contributed by atoms with Gasteiger partial charge in [-0.15, -0.1) is 15.3 Å². The zero-order valence-corrected chi connectivity index (χ0v) is 19.6. The first-order valence-corrected chi connectivity index (χ1v) is 11.6. The van der Waals surface area contributed by atoms with Crippen molar-refractivity contribution in [2.24, 2.45) is 0 Å². The maximum absolute atomic E-state index is 12.2. The van der Waals surface area contributed by atoms with Crippen molar-refractivity contribution in [2.75, 3.05) is 7.11 Å². The van der Waals surface area contributed by atoms with Crippen molar-refractivity contribution < 1.29 is 14.3 Å². The van der Waals surface area contributed by atoms with Gasteiger partial charge in [-0.05, 0) is 36.8 Å². The van der Waals surface area contributed by atoms with Gasteiger partial charge in [-0.1, -0.05) is 42.1 Å². The smallest absolute Gasteiger partial charge is 0.337 e. The minimum absolute atomic E-state index is 0.162. The van der Waals surface area contributed by atoms with Gasteiger partial charge in [0, 0.05) is 24.4 Å². The van der Waals surface area contributed by atoms with Gasteiger partial charge in [0.05, 0.1) is 18.4 Å². The molecule has 0 radical (unpaired) electrons. The van der Waals surface area contributed by atoms with Gasteiger partial charge in [0.15, 0.2) is 11.0 Å². The van der Waals surface area contributed by atoms with Crippen LogP contribution in [0.4, 0.5) is 0 Å². The number of nitrogens with zero attached hydrogens (tertiary/aromatic N) is 5. The molecule has 0 spiro atoms. The summed E-state index contributed by atoms with van der Waals surface area (Å²) in [5, 5.41) is 13.6. The normalized spacial score (nSPS) is 10.8. The summed E-state index contributed by atoms with van der Waals surface area (Å²) in [5.41, 5.74) is 1.98. The Morgan fingerprint density at radius 2 is 1.76 bits per heavy atom. The van der Waals surface area contributed by atoms with Crippen LogP contribution in [0.3, 0.4) is 0 Å². The van der Waals surface area contributed by atoms with Crippen LogP contribution in [0.1, 0.15) is 28.7 Å². The molecule has 0 aliphatic heterocycles. The lowest BCUT2D eigenvalue weighted by atomic mass is 10.1. The highest BCUT2D eigenvalue weighted by atomic mass is 32.2. The second-order valence-corrected chi connectivity index (χ2v) is 8.11. The Hall–Kier alpha value is -3.92. The predicted molar refractivity (Wildman–Crippen MR) is 127 cm³/mol. The lowest BCUT2D eigenvalue weighted by Crippen LogP contribution is -2.20. The molecule has 0 amide bonds. The number of methoxy groups -OCH3 is 1. The Kier molecular flexibility index (Phi) is 7.38. The second-order valence-electron chi connectivity index (χ2n) is 7.17. The van der Waals surface area contributed by atoms with E-state index in [0.717, 1.165) is 10.7 Å². The van der Waals surface area contributed by atoms with Gasteiger partial charge in [-0.2, -0.15) is 4.68 Å². The summed E-state index contributed by atoms with van der Waals surface area (Å²) in [6, 6.07) is 19.4. The third-order valence-corrected chi connectivity index (χ3v) is 6.02. The molecule has 0 saturated carbocycles. The number of carbonyl (C=O) groups is 1. The maximum Gasteiger partial charge on any atom is 0.337 e. The molecule has 0 aliphatic rings. The summed E-state index contributed by atoms with van der Waals surface area (Å²) in [5.74, 6) is 1.28. The largest absolute Gasteiger partial charge is 0.468 e. The molecule has 2 heterocycles. The van der Waals surface area contributed by atoms with Crippen molar-refractivity contribution in [1.29, 1.82) is 0 Å². The van der Waals surface area contributed by atoms with Crippen LogP contribution in [0.2, 0.25) is 0 Å². The molecule has 10 heteroatoms. The lowest BCUT2D eigenvalue weighted by molar-refractivity contribution is 0.0600. The third-order valence-electron chi connectivity index (χ3n) is 4.98. The Labute approximate surface area is 200 Å². The molecule has 0 unspecified atom stereocenters. The highest BCUT2D eigenvalue weighted by Gasteiger charge is 2.13. The topological polar surface area (TPSA) is 101 Å². The van der Waals surface area contributed by atoms with Crippen molar-refractivity contribution >= 4 is 17.7 Å². The molecule has 0 atom stereocenters. The molecule has 174 valence electrons. The predicted octanol–water partition coefficient (Wildman–Crippen LogP) is 3.50. The average molecular weight is 478 g/mol. The first-order chi connectivity index (χ1) is 16.6. The SMILES string of the molecule is CCn1c(COc2ccc(=O)n(-c3ccccc3)n2)nnc1SCc1ccc(C(=O)OC)cc1. The summed E-state index contributed by atoms with van der Waals surface area (Å²) in [4.78, 5) is 23.8. The van der Waals surface area contributed by atoms with Crippen LogP contribution in [0.5, 0.6) is 5.88 Å². The average Bonchev–Trinajstić information content (AvgIpc) is 3.29. The zero-order valence-electron chi connectivity index (χ0n) is 18.7. The maximum atomic E-state index is 12.2. The van der Waals surface area contributed by atoms with Gasteiger partial charge < -0.3 is 14.0 Å². The molecular weight excluding hydrogens is 454 g/mol. The summed E-state index contributed by atoms with van der Waals surface area (Å²) < 4.78 is 13.8. The standard InChI is InChI=1S/C24H23N5O4S/c1-3-28-20(15-33-21-13-14-22(30)29(27-21)19-7-5-4-6-8-19)25-26-24(28)34-16-17-9-11-18(12-10-17)23(31)32-2/h4-14H,3,15-16H2,1-2H3. The first-order valence-electron chi connectivity index (χ1n) is 10.6. The van der Waals surface area contributed by atoms with Gasteiger partial charge in [-0.3, -0.25) is 4.79 Å². The van der Waals surface area contributed by atoms with Crippen molar-refractivity contribution in [3.8, 4) is 11.6 Å². The van der Waals surface area contributed by atoms with Crippen LogP contribution in [-0.4, -0.2) is 37.6 Å². The molecule has 0 bridgehead atoms. The van der Waals surface area contributed by atoms with Crippen LogP contribution in [0, 0.1) is 0 Å². The highest BCUT2D eigenvalue weighted by molar-refractivity contribution is 7.98. The number of rotatable bonds is 9. The molecular formula is C24H23N5O4S. The van der Waals surface area contributed by atoms with Gasteiger partial charge in [0.25, 0.3) is 5.56 Å². The van der Waals surface area contributed by atoms with E-state index in [4.69, 9.17) is 9.47 Å². The van der Waals surface area contributed by atoms with Crippen LogP contribution in [0.15, 0.2) is 76.7 Å². The van der Waals surface area contributed by atoms with Gasteiger partial charge in [0.2, 0.25) is 5.88 Å². The molecule has 0 N–H and O–H groups in total. The summed E-state index contributed by atoms with van der Waals surface area (Å²) >= 11 is 1.55. The van der Waals surface area contributed by atoms with Gasteiger partial charge >= 0.3 is 5.97 Å². The van der Waals surface area contributed by atoms with E-state index in [0.29, 0.717) is 35.3 Å². The number of thioether (sulfide) groups is 1. The van der Waals surface area contributed by atoms with E-state index in [-0.39, 0.29) is 18.1 Å². The fraction of sp³-hybridized carbons (Fsp3) is 0.208. The van der Waals surface area contributed by atoms with E-state index in [9.17, 15) is 9.59 Å². The Bertz CT molecular complexity index is 1320. The molecule has 2 aromatic carbocycles. The summed E-state index contributed by atoms with van der Waals surface area (Å²) in [7, 11) is 1.36. The zero-order chi connectivity index (χ0) is 23.9. The number of carbonyl (C=O) groups excluding carboxylic acids is 1. The molecule has 0 aliphatic carbocycles. The van der Waals surface area contributed by atoms with E-state index in [1.807, 2.05) is 41.8 Å². The molecule has 0 fully saturated rings. The van der Waals surface area contributed by atoms with Crippen molar-refractivity contribution in [1.82, 2.24) is 24.5 Å². The third kappa shape index (κ3) is 5.34. The summed E-state index contributed by atoms with van der Waals surface area (Å²) in [6.07, 6.45) is 0. The number of ether oxygens (including phenoxy) is 2. The van der Waals surface area contributed by atoms with Crippen LogP contribution in [0.25, 0.3) is 5.69 Å². The first kappa shape index (κ1) is 23.2. The number of hydrogen-bond donors (Lipinski definition) is 0. The fourth-order valence-electron chi connectivity index (χ4n) is 3.22. The number of esters is 1. The molecule has 34 heavy (non-hydrogen) atoms. The van der Waals surface area contributed by atoms with Crippen LogP contribution >= 0.6 is 11.8 Å². The molecule has 9 nitrogen and oxygen atoms in total. The van der Waals surface area contributed by atoms with Gasteiger partial charge in [0.1, 0.15) is 6.61 Å². The van der Waals surface area contributed by atoms with E-state index in [1.54, 1.807) is 42.1 Å². The molecule has 4 aromatic rings. The lowest BCUT2D eigenvalue weighted by Gasteiger charge is -2.10. The summed E-state index contributed by atoms with van der Waals surface area (Å²) in [6.45, 7) is 2.84. The van der Waals surface area contributed by atoms with E-state index in [2.05, 4.69) is 15.3 Å². The molecule has 0 saturated heterocycles. The number of hydrogen-bond acceptors (Lipinski definition) is 8. The minimum atomic E-state index is -0.358. The van der Waals surface area contributed by atoms with Crippen LogP contribution < -0.4 is 10.3 Å².